The quantitative estimate of drug-likeness (QED) is 0.685. The van der Waals surface area contributed by atoms with E-state index < -0.39 is 8.03 Å². The number of phenolic OH excluding ortho intramolecular Hbond substituents is 1. The molecule has 1 heterocycles. The lowest BCUT2D eigenvalue weighted by Crippen LogP contribution is -2.13. The van der Waals surface area contributed by atoms with Gasteiger partial charge in [-0.05, 0) is 34.9 Å². The first-order valence-corrected chi connectivity index (χ1v) is 8.30. The molecule has 3 aromatic rings. The van der Waals surface area contributed by atoms with Crippen LogP contribution in [0.15, 0.2) is 66.7 Å². The van der Waals surface area contributed by atoms with E-state index in [-0.39, 0.29) is 5.75 Å². The predicted molar refractivity (Wildman–Crippen MR) is 88.2 cm³/mol. The predicted octanol–water partition coefficient (Wildman–Crippen LogP) is 4.22. The van der Waals surface area contributed by atoms with Gasteiger partial charge in [-0.25, -0.2) is 0 Å². The highest BCUT2D eigenvalue weighted by Crippen LogP contribution is 2.44. The number of aromatic hydroxyl groups is 1. The lowest BCUT2D eigenvalue weighted by Gasteiger charge is -2.22. The fourth-order valence-corrected chi connectivity index (χ4v) is 4.17. The molecule has 3 nitrogen and oxygen atoms in total. The molecule has 1 unspecified atom stereocenters. The number of rotatable bonds is 1. The summed E-state index contributed by atoms with van der Waals surface area (Å²) < 4.78 is 18.3. The van der Waals surface area contributed by atoms with Crippen molar-refractivity contribution in [1.29, 1.82) is 0 Å². The highest BCUT2D eigenvalue weighted by molar-refractivity contribution is 7.49. The fraction of sp³-hybridized carbons (Fsp3) is 0. The van der Waals surface area contributed by atoms with Crippen LogP contribution in [0.3, 0.4) is 0 Å². The molecule has 0 amide bonds. The summed E-state index contributed by atoms with van der Waals surface area (Å²) in [6.45, 7) is 0. The Morgan fingerprint density at radius 2 is 1.45 bits per heavy atom. The molecule has 0 bridgehead atoms. The van der Waals surface area contributed by atoms with Crippen LogP contribution in [0.25, 0.3) is 22.3 Å². The van der Waals surface area contributed by atoms with E-state index in [1.165, 1.54) is 0 Å². The zero-order valence-electron chi connectivity index (χ0n) is 11.6. The van der Waals surface area contributed by atoms with Gasteiger partial charge >= 0.3 is 0 Å². The average molecular weight is 308 g/mol. The molecule has 0 saturated carbocycles. The summed E-state index contributed by atoms with van der Waals surface area (Å²) in [7, 11) is -2.36. The maximum Gasteiger partial charge on any atom is 0.267 e. The van der Waals surface area contributed by atoms with Crippen molar-refractivity contribution in [2.75, 3.05) is 0 Å². The molecule has 0 spiro atoms. The first kappa shape index (κ1) is 13.2. The van der Waals surface area contributed by atoms with Crippen LogP contribution in [0.5, 0.6) is 11.5 Å². The Bertz CT molecular complexity index is 885. The van der Waals surface area contributed by atoms with Crippen molar-refractivity contribution < 1.29 is 14.2 Å². The molecule has 0 radical (unpaired) electrons. The molecular formula is C18H13O3P. The standard InChI is InChI=1S/C18H13O3P/c19-13-10-8-12(9-11-13)14-5-3-6-16-15-4-1-2-7-17(15)21-22(20)18(14)16/h1-11,19,22H. The number of fused-ring (bicyclic) bond motifs is 3. The van der Waals surface area contributed by atoms with E-state index in [0.29, 0.717) is 5.75 Å². The first-order chi connectivity index (χ1) is 10.7. The van der Waals surface area contributed by atoms with Crippen molar-refractivity contribution in [1.82, 2.24) is 0 Å². The first-order valence-electron chi connectivity index (χ1n) is 6.98. The minimum absolute atomic E-state index is 0.211. The van der Waals surface area contributed by atoms with Crippen molar-refractivity contribution in [2.45, 2.75) is 0 Å². The van der Waals surface area contributed by atoms with Crippen LogP contribution in [-0.2, 0) is 4.57 Å². The SMILES string of the molecule is O=[PH]1Oc2ccccc2-c2cccc(-c3ccc(O)cc3)c21. The van der Waals surface area contributed by atoms with Crippen molar-refractivity contribution in [3.63, 3.8) is 0 Å². The topological polar surface area (TPSA) is 46.5 Å². The van der Waals surface area contributed by atoms with Gasteiger partial charge in [-0.15, -0.1) is 0 Å². The lowest BCUT2D eigenvalue weighted by molar-refractivity contribution is 0.475. The molecule has 1 aliphatic rings. The Balaban J connectivity index is 1.98. The molecule has 1 N–H and O–H groups in total. The van der Waals surface area contributed by atoms with Gasteiger partial charge in [0, 0.05) is 5.56 Å². The normalized spacial score (nSPS) is 15.5. The van der Waals surface area contributed by atoms with Gasteiger partial charge in [0.05, 0.1) is 5.30 Å². The summed E-state index contributed by atoms with van der Waals surface area (Å²) in [6, 6.07) is 20.4. The molecule has 4 rings (SSSR count). The lowest BCUT2D eigenvalue weighted by atomic mass is 9.98. The third-order valence-corrected chi connectivity index (χ3v) is 5.18. The van der Waals surface area contributed by atoms with Gasteiger partial charge in [0.15, 0.2) is 0 Å². The Kier molecular flexibility index (Phi) is 3.02. The monoisotopic (exact) mass is 308 g/mol. The van der Waals surface area contributed by atoms with E-state index in [4.69, 9.17) is 4.52 Å². The Morgan fingerprint density at radius 3 is 2.27 bits per heavy atom. The van der Waals surface area contributed by atoms with Crippen molar-refractivity contribution in [3.05, 3.63) is 66.7 Å². The fourth-order valence-electron chi connectivity index (χ4n) is 2.81. The average Bonchev–Trinajstić information content (AvgIpc) is 2.55. The van der Waals surface area contributed by atoms with Crippen molar-refractivity contribution in [2.24, 2.45) is 0 Å². The summed E-state index contributed by atoms with van der Waals surface area (Å²) in [5.74, 6) is 0.879. The molecule has 3 aromatic carbocycles. The summed E-state index contributed by atoms with van der Waals surface area (Å²) in [5.41, 5.74) is 3.71. The van der Waals surface area contributed by atoms with Crippen LogP contribution in [0, 0.1) is 0 Å². The van der Waals surface area contributed by atoms with Gasteiger partial charge in [-0.3, -0.25) is 4.57 Å². The van der Waals surface area contributed by atoms with Gasteiger partial charge < -0.3 is 9.63 Å². The number of hydrogen-bond acceptors (Lipinski definition) is 3. The minimum atomic E-state index is -2.36. The van der Waals surface area contributed by atoms with Gasteiger partial charge in [0.1, 0.15) is 11.5 Å². The molecule has 1 atom stereocenters. The smallest absolute Gasteiger partial charge is 0.267 e. The minimum Gasteiger partial charge on any atom is -0.508 e. The van der Waals surface area contributed by atoms with E-state index in [9.17, 15) is 9.67 Å². The molecule has 0 fully saturated rings. The third kappa shape index (κ3) is 2.02. The van der Waals surface area contributed by atoms with Crippen LogP contribution >= 0.6 is 8.03 Å². The van der Waals surface area contributed by atoms with Crippen LogP contribution in [0.2, 0.25) is 0 Å². The molecule has 0 aromatic heterocycles. The summed E-state index contributed by atoms with van der Waals surface area (Å²) in [5, 5.41) is 10.2. The number of benzene rings is 3. The van der Waals surface area contributed by atoms with Crippen LogP contribution < -0.4 is 9.83 Å². The molecule has 108 valence electrons. The maximum atomic E-state index is 12.6. The van der Waals surface area contributed by atoms with Crippen LogP contribution in [-0.4, -0.2) is 5.11 Å². The highest BCUT2D eigenvalue weighted by atomic mass is 31.1. The van der Waals surface area contributed by atoms with Gasteiger partial charge in [0.25, 0.3) is 8.03 Å². The van der Waals surface area contributed by atoms with Gasteiger partial charge in [-0.2, -0.15) is 0 Å². The summed E-state index contributed by atoms with van der Waals surface area (Å²) >= 11 is 0. The molecule has 22 heavy (non-hydrogen) atoms. The van der Waals surface area contributed by atoms with E-state index in [1.807, 2.05) is 54.6 Å². The number of para-hydroxylation sites is 1. The molecular weight excluding hydrogens is 295 g/mol. The van der Waals surface area contributed by atoms with E-state index in [1.54, 1.807) is 12.1 Å². The number of phenols is 1. The Hall–Kier alpha value is -2.51. The zero-order valence-corrected chi connectivity index (χ0v) is 12.6. The Labute approximate surface area is 128 Å². The number of hydrogen-bond donors (Lipinski definition) is 1. The van der Waals surface area contributed by atoms with E-state index in [0.717, 1.165) is 27.6 Å². The Morgan fingerprint density at radius 1 is 0.773 bits per heavy atom. The summed E-state index contributed by atoms with van der Waals surface area (Å²) in [4.78, 5) is 0. The highest BCUT2D eigenvalue weighted by Gasteiger charge is 2.25. The third-order valence-electron chi connectivity index (χ3n) is 3.83. The second-order valence-corrected chi connectivity index (χ2v) is 6.44. The second kappa shape index (κ2) is 5.04. The molecule has 0 saturated heterocycles. The van der Waals surface area contributed by atoms with Crippen molar-refractivity contribution >= 4 is 13.3 Å². The maximum absolute atomic E-state index is 12.6. The molecule has 1 aliphatic heterocycles. The largest absolute Gasteiger partial charge is 0.508 e. The van der Waals surface area contributed by atoms with Gasteiger partial charge in [-0.1, -0.05) is 48.5 Å². The van der Waals surface area contributed by atoms with Crippen LogP contribution in [0.4, 0.5) is 0 Å². The zero-order chi connectivity index (χ0) is 15.1. The summed E-state index contributed by atoms with van der Waals surface area (Å²) in [6.07, 6.45) is 0. The van der Waals surface area contributed by atoms with E-state index in [2.05, 4.69) is 0 Å². The van der Waals surface area contributed by atoms with E-state index >= 15 is 0 Å². The molecule has 0 aliphatic carbocycles. The van der Waals surface area contributed by atoms with Gasteiger partial charge in [0.2, 0.25) is 0 Å². The second-order valence-electron chi connectivity index (χ2n) is 5.16. The van der Waals surface area contributed by atoms with Crippen molar-refractivity contribution in [3.8, 4) is 33.8 Å². The van der Waals surface area contributed by atoms with Crippen LogP contribution in [0.1, 0.15) is 0 Å². The molecule has 4 heteroatoms.